The Balaban J connectivity index is 2.60. The summed E-state index contributed by atoms with van der Waals surface area (Å²) in [7, 11) is 0. The molecule has 0 aromatic heterocycles. The van der Waals surface area contributed by atoms with Crippen LogP contribution in [0.4, 0.5) is 0 Å². The predicted octanol–water partition coefficient (Wildman–Crippen LogP) is 3.06. The average Bonchev–Trinajstić information content (AvgIpc) is 2.45. The van der Waals surface area contributed by atoms with Crippen LogP contribution in [0.3, 0.4) is 0 Å². The van der Waals surface area contributed by atoms with E-state index in [-0.39, 0.29) is 5.78 Å². The summed E-state index contributed by atoms with van der Waals surface area (Å²) in [6.07, 6.45) is 1.88. The van der Waals surface area contributed by atoms with Crippen LogP contribution in [0.2, 0.25) is 0 Å². The van der Waals surface area contributed by atoms with Gasteiger partial charge in [0.1, 0.15) is 5.75 Å². The van der Waals surface area contributed by atoms with Crippen molar-refractivity contribution in [3.63, 3.8) is 0 Å². The van der Waals surface area contributed by atoms with E-state index >= 15 is 0 Å². The van der Waals surface area contributed by atoms with Crippen molar-refractivity contribution in [1.82, 2.24) is 0 Å². The third-order valence-electron chi connectivity index (χ3n) is 2.81. The van der Waals surface area contributed by atoms with Crippen molar-refractivity contribution in [2.45, 2.75) is 6.92 Å². The Hall–Kier alpha value is -2.62. The molecule has 20 heavy (non-hydrogen) atoms. The number of hydrogen-bond donors (Lipinski definition) is 1. The molecule has 0 radical (unpaired) electrons. The number of benzene rings is 2. The van der Waals surface area contributed by atoms with Crippen LogP contribution in [0.15, 0.2) is 48.6 Å². The first-order chi connectivity index (χ1) is 9.63. The van der Waals surface area contributed by atoms with E-state index in [1.165, 1.54) is 0 Å². The van der Waals surface area contributed by atoms with Crippen LogP contribution < -0.4 is 4.74 Å². The normalized spacial score (nSPS) is 10.8. The second kappa shape index (κ2) is 6.02. The molecular weight excluding hydrogens is 256 g/mol. The molecule has 2 aromatic rings. The van der Waals surface area contributed by atoms with Gasteiger partial charge in [-0.05, 0) is 29.8 Å². The molecule has 0 bridgehead atoms. The summed E-state index contributed by atoms with van der Waals surface area (Å²) in [5.41, 5.74) is 0.391. The summed E-state index contributed by atoms with van der Waals surface area (Å²) < 4.78 is 5.47. The van der Waals surface area contributed by atoms with E-state index in [9.17, 15) is 9.59 Å². The highest BCUT2D eigenvalue weighted by Gasteiger charge is 2.14. The molecule has 0 aliphatic heterocycles. The zero-order chi connectivity index (χ0) is 14.5. The van der Waals surface area contributed by atoms with Gasteiger partial charge in [0.15, 0.2) is 5.78 Å². The molecule has 0 aliphatic carbocycles. The average molecular weight is 270 g/mol. The third-order valence-corrected chi connectivity index (χ3v) is 2.81. The fraction of sp³-hybridized carbons (Fsp3) is 0.125. The summed E-state index contributed by atoms with van der Waals surface area (Å²) in [6, 6.07) is 11.0. The second-order valence-corrected chi connectivity index (χ2v) is 4.13. The Morgan fingerprint density at radius 3 is 2.60 bits per heavy atom. The number of hydrogen-bond acceptors (Lipinski definition) is 3. The Morgan fingerprint density at radius 1 is 1.15 bits per heavy atom. The largest absolute Gasteiger partial charge is 0.493 e. The van der Waals surface area contributed by atoms with Gasteiger partial charge in [-0.3, -0.25) is 4.79 Å². The highest BCUT2D eigenvalue weighted by atomic mass is 16.5. The van der Waals surface area contributed by atoms with Gasteiger partial charge in [0, 0.05) is 6.08 Å². The number of rotatable bonds is 5. The first kappa shape index (κ1) is 13.8. The van der Waals surface area contributed by atoms with Crippen LogP contribution in [0, 0.1) is 0 Å². The maximum Gasteiger partial charge on any atom is 0.328 e. The Bertz CT molecular complexity index is 686. The van der Waals surface area contributed by atoms with E-state index in [1.54, 1.807) is 6.07 Å². The lowest BCUT2D eigenvalue weighted by atomic mass is 10.00. The molecular formula is C16H14O4. The first-order valence-corrected chi connectivity index (χ1v) is 6.23. The zero-order valence-corrected chi connectivity index (χ0v) is 11.0. The van der Waals surface area contributed by atoms with Gasteiger partial charge in [0.25, 0.3) is 0 Å². The molecule has 4 heteroatoms. The fourth-order valence-corrected chi connectivity index (χ4v) is 2.01. The summed E-state index contributed by atoms with van der Waals surface area (Å²) in [5, 5.41) is 10.3. The van der Waals surface area contributed by atoms with Crippen LogP contribution in [-0.4, -0.2) is 23.5 Å². The molecule has 0 heterocycles. The number of ketones is 1. The monoisotopic (exact) mass is 270 g/mol. The molecule has 0 spiro atoms. The highest BCUT2D eigenvalue weighted by molar-refractivity contribution is 6.16. The summed E-state index contributed by atoms with van der Waals surface area (Å²) in [6.45, 7) is 2.26. The zero-order valence-electron chi connectivity index (χ0n) is 11.0. The SMILES string of the molecule is CCOc1ccc2ccccc2c1C(=O)/C=C/C(=O)O. The maximum atomic E-state index is 12.2. The van der Waals surface area contributed by atoms with Crippen molar-refractivity contribution in [2.75, 3.05) is 6.61 Å². The van der Waals surface area contributed by atoms with Crippen molar-refractivity contribution in [3.05, 3.63) is 54.1 Å². The van der Waals surface area contributed by atoms with E-state index < -0.39 is 5.97 Å². The summed E-state index contributed by atoms with van der Waals surface area (Å²) >= 11 is 0. The number of allylic oxidation sites excluding steroid dienone is 1. The van der Waals surface area contributed by atoms with Crippen LogP contribution in [0.5, 0.6) is 5.75 Å². The Kier molecular flexibility index (Phi) is 4.15. The Labute approximate surface area is 116 Å². The smallest absolute Gasteiger partial charge is 0.328 e. The van der Waals surface area contributed by atoms with Crippen molar-refractivity contribution in [1.29, 1.82) is 0 Å². The quantitative estimate of drug-likeness (QED) is 0.670. The van der Waals surface area contributed by atoms with E-state index in [1.807, 2.05) is 37.3 Å². The molecule has 0 unspecified atom stereocenters. The number of carboxylic acids is 1. The van der Waals surface area contributed by atoms with E-state index in [0.29, 0.717) is 17.9 Å². The topological polar surface area (TPSA) is 63.6 Å². The van der Waals surface area contributed by atoms with Gasteiger partial charge in [-0.25, -0.2) is 4.79 Å². The van der Waals surface area contributed by atoms with E-state index in [4.69, 9.17) is 9.84 Å². The standard InChI is InChI=1S/C16H14O4/c1-2-20-14-9-7-11-5-3-4-6-12(11)16(14)13(17)8-10-15(18)19/h3-10H,2H2,1H3,(H,18,19)/b10-8+. The first-order valence-electron chi connectivity index (χ1n) is 6.23. The van der Waals surface area contributed by atoms with Gasteiger partial charge in [0.2, 0.25) is 0 Å². The molecule has 0 saturated heterocycles. The molecule has 102 valence electrons. The van der Waals surface area contributed by atoms with Crippen LogP contribution >= 0.6 is 0 Å². The van der Waals surface area contributed by atoms with E-state index in [0.717, 1.165) is 22.9 Å². The molecule has 2 rings (SSSR count). The molecule has 2 aromatic carbocycles. The minimum Gasteiger partial charge on any atom is -0.493 e. The number of fused-ring (bicyclic) bond motifs is 1. The minimum absolute atomic E-state index is 0.382. The predicted molar refractivity (Wildman–Crippen MR) is 76.2 cm³/mol. The Morgan fingerprint density at radius 2 is 1.90 bits per heavy atom. The summed E-state index contributed by atoms with van der Waals surface area (Å²) in [4.78, 5) is 22.8. The van der Waals surface area contributed by atoms with Crippen molar-refractivity contribution in [2.24, 2.45) is 0 Å². The number of aliphatic carboxylic acids is 1. The summed E-state index contributed by atoms with van der Waals surface area (Å²) in [5.74, 6) is -1.07. The lowest BCUT2D eigenvalue weighted by molar-refractivity contribution is -0.131. The van der Waals surface area contributed by atoms with E-state index in [2.05, 4.69) is 0 Å². The molecule has 0 saturated carbocycles. The van der Waals surface area contributed by atoms with Gasteiger partial charge >= 0.3 is 5.97 Å². The van der Waals surface area contributed by atoms with Gasteiger partial charge in [-0.15, -0.1) is 0 Å². The lowest BCUT2D eigenvalue weighted by Gasteiger charge is -2.11. The number of carbonyl (C=O) groups excluding carboxylic acids is 1. The van der Waals surface area contributed by atoms with Crippen molar-refractivity contribution < 1.29 is 19.4 Å². The minimum atomic E-state index is -1.16. The number of carboxylic acid groups (broad SMARTS) is 1. The molecule has 1 N–H and O–H groups in total. The fourth-order valence-electron chi connectivity index (χ4n) is 2.01. The van der Waals surface area contributed by atoms with Crippen molar-refractivity contribution >= 4 is 22.5 Å². The maximum absolute atomic E-state index is 12.2. The molecule has 0 amide bonds. The molecule has 0 fully saturated rings. The van der Waals surface area contributed by atoms with Gasteiger partial charge in [-0.1, -0.05) is 30.3 Å². The van der Waals surface area contributed by atoms with Crippen LogP contribution in [-0.2, 0) is 4.79 Å². The second-order valence-electron chi connectivity index (χ2n) is 4.13. The van der Waals surface area contributed by atoms with Gasteiger partial charge in [-0.2, -0.15) is 0 Å². The number of carbonyl (C=O) groups is 2. The molecule has 4 nitrogen and oxygen atoms in total. The van der Waals surface area contributed by atoms with Crippen molar-refractivity contribution in [3.8, 4) is 5.75 Å². The van der Waals surface area contributed by atoms with Gasteiger partial charge < -0.3 is 9.84 Å². The highest BCUT2D eigenvalue weighted by Crippen LogP contribution is 2.28. The lowest BCUT2D eigenvalue weighted by Crippen LogP contribution is -2.03. The third kappa shape index (κ3) is 2.85. The van der Waals surface area contributed by atoms with Crippen LogP contribution in [0.1, 0.15) is 17.3 Å². The molecule has 0 atom stereocenters. The number of ether oxygens (including phenoxy) is 1. The molecule has 0 aliphatic rings. The van der Waals surface area contributed by atoms with Gasteiger partial charge in [0.05, 0.1) is 12.2 Å². The van der Waals surface area contributed by atoms with Crippen LogP contribution in [0.25, 0.3) is 10.8 Å².